The molecule has 0 saturated carbocycles. The van der Waals surface area contributed by atoms with Gasteiger partial charge in [-0.1, -0.05) is 36.4 Å². The molecule has 5 heteroatoms. The third-order valence-corrected chi connectivity index (χ3v) is 7.11. The fourth-order valence-corrected chi connectivity index (χ4v) is 5.47. The maximum atomic E-state index is 13.2. The van der Waals surface area contributed by atoms with Gasteiger partial charge in [0, 0.05) is 48.9 Å². The van der Waals surface area contributed by atoms with Crippen molar-refractivity contribution >= 4 is 23.3 Å². The predicted octanol–water partition coefficient (Wildman–Crippen LogP) is 5.53. The summed E-state index contributed by atoms with van der Waals surface area (Å²) in [4.78, 5) is 6.24. The number of benzene rings is 3. The number of para-hydroxylation sites is 1. The first-order valence-electron chi connectivity index (χ1n) is 10.6. The molecular weight excluding hydrogens is 393 g/mol. The summed E-state index contributed by atoms with van der Waals surface area (Å²) in [5.41, 5.74) is 5.12. The van der Waals surface area contributed by atoms with E-state index in [1.165, 1.54) is 21.7 Å². The highest BCUT2D eigenvalue weighted by molar-refractivity contribution is 8.01. The van der Waals surface area contributed by atoms with Gasteiger partial charge in [0.25, 0.3) is 0 Å². The first kappa shape index (κ1) is 19.5. The lowest BCUT2D eigenvalue weighted by Gasteiger charge is -2.37. The Morgan fingerprint density at radius 3 is 2.23 bits per heavy atom. The van der Waals surface area contributed by atoms with Gasteiger partial charge in [-0.05, 0) is 66.9 Å². The topological polar surface area (TPSA) is 9.72 Å². The third kappa shape index (κ3) is 4.05. The van der Waals surface area contributed by atoms with Crippen LogP contribution in [0.25, 0.3) is 11.1 Å². The lowest BCUT2D eigenvalue weighted by atomic mass is 10.0. The molecule has 3 aromatic carbocycles. The Balaban J connectivity index is 1.16. The Kier molecular flexibility index (Phi) is 5.65. The highest BCUT2D eigenvalue weighted by atomic mass is 32.2. The van der Waals surface area contributed by atoms with E-state index >= 15 is 0 Å². The molecule has 1 fully saturated rings. The molecule has 0 radical (unpaired) electrons. The van der Waals surface area contributed by atoms with Crippen LogP contribution in [0.5, 0.6) is 0 Å². The summed E-state index contributed by atoms with van der Waals surface area (Å²) in [5, 5.41) is 0. The van der Waals surface area contributed by atoms with Gasteiger partial charge >= 0.3 is 0 Å². The minimum atomic E-state index is -0.169. The quantitative estimate of drug-likeness (QED) is 0.503. The van der Waals surface area contributed by atoms with Crippen molar-refractivity contribution in [2.45, 2.75) is 11.3 Å². The van der Waals surface area contributed by atoms with Crippen LogP contribution in [0, 0.1) is 5.82 Å². The van der Waals surface area contributed by atoms with Gasteiger partial charge in [0.05, 0.1) is 5.69 Å². The number of fused-ring (bicyclic) bond motifs is 3. The first-order valence-corrected chi connectivity index (χ1v) is 11.4. The predicted molar refractivity (Wildman–Crippen MR) is 125 cm³/mol. The molecule has 2 aliphatic heterocycles. The SMILES string of the molecule is Fc1ccc(N2CCN(CCCN3Sc4ccccc4-c4ccccc43)CC2)cc1. The largest absolute Gasteiger partial charge is 0.369 e. The van der Waals surface area contributed by atoms with E-state index in [0.717, 1.165) is 51.4 Å². The molecule has 0 aromatic heterocycles. The summed E-state index contributed by atoms with van der Waals surface area (Å²) in [6, 6.07) is 24.3. The van der Waals surface area contributed by atoms with Gasteiger partial charge in [-0.25, -0.2) is 4.39 Å². The number of piperazine rings is 1. The van der Waals surface area contributed by atoms with E-state index in [0.29, 0.717) is 0 Å². The molecule has 30 heavy (non-hydrogen) atoms. The molecule has 0 aliphatic carbocycles. The van der Waals surface area contributed by atoms with Crippen LogP contribution in [0.3, 0.4) is 0 Å². The van der Waals surface area contributed by atoms with Gasteiger partial charge in [-0.3, -0.25) is 4.90 Å². The Labute approximate surface area is 182 Å². The van der Waals surface area contributed by atoms with E-state index in [1.807, 2.05) is 24.1 Å². The van der Waals surface area contributed by atoms with Crippen LogP contribution in [0.2, 0.25) is 0 Å². The normalized spacial score (nSPS) is 16.3. The van der Waals surface area contributed by atoms with Crippen molar-refractivity contribution in [3.05, 3.63) is 78.6 Å². The van der Waals surface area contributed by atoms with Gasteiger partial charge < -0.3 is 9.21 Å². The zero-order valence-corrected chi connectivity index (χ0v) is 17.8. The molecule has 5 rings (SSSR count). The number of hydrogen-bond donors (Lipinski definition) is 0. The first-order chi connectivity index (χ1) is 14.8. The minimum Gasteiger partial charge on any atom is -0.369 e. The van der Waals surface area contributed by atoms with Crippen LogP contribution >= 0.6 is 11.9 Å². The third-order valence-electron chi connectivity index (χ3n) is 5.96. The number of nitrogens with zero attached hydrogens (tertiary/aromatic N) is 3. The van der Waals surface area contributed by atoms with E-state index in [9.17, 15) is 4.39 Å². The summed E-state index contributed by atoms with van der Waals surface area (Å²) in [5.74, 6) is -0.169. The second-order valence-corrected chi connectivity index (χ2v) is 8.93. The van der Waals surface area contributed by atoms with Crippen molar-refractivity contribution in [1.29, 1.82) is 0 Å². The molecule has 0 bridgehead atoms. The number of anilines is 2. The second kappa shape index (κ2) is 8.70. The Hall–Kier alpha value is -2.50. The van der Waals surface area contributed by atoms with Gasteiger partial charge in [-0.15, -0.1) is 0 Å². The van der Waals surface area contributed by atoms with Crippen molar-refractivity contribution < 1.29 is 4.39 Å². The van der Waals surface area contributed by atoms with Crippen LogP contribution in [0.1, 0.15) is 6.42 Å². The maximum absolute atomic E-state index is 13.2. The molecule has 154 valence electrons. The molecule has 0 atom stereocenters. The zero-order chi connectivity index (χ0) is 20.3. The van der Waals surface area contributed by atoms with Gasteiger partial charge in [0.1, 0.15) is 5.82 Å². The van der Waals surface area contributed by atoms with E-state index in [4.69, 9.17) is 0 Å². The summed E-state index contributed by atoms with van der Waals surface area (Å²) in [6.07, 6.45) is 1.14. The molecule has 0 amide bonds. The van der Waals surface area contributed by atoms with Crippen LogP contribution < -0.4 is 9.21 Å². The van der Waals surface area contributed by atoms with Gasteiger partial charge in [0.15, 0.2) is 0 Å². The minimum absolute atomic E-state index is 0.169. The lowest BCUT2D eigenvalue weighted by molar-refractivity contribution is 0.256. The van der Waals surface area contributed by atoms with Crippen molar-refractivity contribution in [2.24, 2.45) is 0 Å². The van der Waals surface area contributed by atoms with Crippen molar-refractivity contribution in [3.8, 4) is 11.1 Å². The highest BCUT2D eigenvalue weighted by Crippen LogP contribution is 2.45. The summed E-state index contributed by atoms with van der Waals surface area (Å²) < 4.78 is 15.6. The fraction of sp³-hybridized carbons (Fsp3) is 0.280. The molecule has 3 aromatic rings. The van der Waals surface area contributed by atoms with Crippen LogP contribution in [-0.4, -0.2) is 44.2 Å². The molecule has 3 nitrogen and oxygen atoms in total. The zero-order valence-electron chi connectivity index (χ0n) is 17.0. The van der Waals surface area contributed by atoms with Crippen LogP contribution in [0.15, 0.2) is 77.7 Å². The lowest BCUT2D eigenvalue weighted by Crippen LogP contribution is -2.47. The summed E-state index contributed by atoms with van der Waals surface area (Å²) in [6.45, 7) is 6.26. The molecule has 1 saturated heterocycles. The van der Waals surface area contributed by atoms with Crippen LogP contribution in [-0.2, 0) is 0 Å². The van der Waals surface area contributed by atoms with Crippen molar-refractivity contribution in [3.63, 3.8) is 0 Å². The monoisotopic (exact) mass is 419 g/mol. The average Bonchev–Trinajstić information content (AvgIpc) is 2.80. The molecule has 2 heterocycles. The molecule has 0 spiro atoms. The smallest absolute Gasteiger partial charge is 0.123 e. The molecular formula is C25H26FN3S. The maximum Gasteiger partial charge on any atom is 0.123 e. The van der Waals surface area contributed by atoms with Gasteiger partial charge in [-0.2, -0.15) is 0 Å². The Bertz CT molecular complexity index is 999. The summed E-state index contributed by atoms with van der Waals surface area (Å²) in [7, 11) is 0. The van der Waals surface area contributed by atoms with E-state index in [-0.39, 0.29) is 5.82 Å². The van der Waals surface area contributed by atoms with Crippen molar-refractivity contribution in [2.75, 3.05) is 48.5 Å². The standard InChI is InChI=1S/C25H26FN3S/c26-20-10-12-21(13-11-20)28-18-16-27(17-19-28)14-5-15-29-24-8-3-1-6-22(24)23-7-2-4-9-25(23)30-29/h1-4,6-13H,5,14-19H2. The fourth-order valence-electron chi connectivity index (χ4n) is 4.34. The number of halogens is 1. The van der Waals surface area contributed by atoms with Crippen LogP contribution in [0.4, 0.5) is 15.8 Å². The molecule has 2 aliphatic rings. The van der Waals surface area contributed by atoms with E-state index in [2.05, 4.69) is 62.6 Å². The Morgan fingerprint density at radius 1 is 0.733 bits per heavy atom. The van der Waals surface area contributed by atoms with Gasteiger partial charge in [0.2, 0.25) is 0 Å². The second-order valence-electron chi connectivity index (χ2n) is 7.87. The van der Waals surface area contributed by atoms with E-state index < -0.39 is 0 Å². The highest BCUT2D eigenvalue weighted by Gasteiger charge is 2.23. The average molecular weight is 420 g/mol. The van der Waals surface area contributed by atoms with E-state index in [1.54, 1.807) is 12.1 Å². The Morgan fingerprint density at radius 2 is 1.43 bits per heavy atom. The number of rotatable bonds is 5. The molecule has 0 N–H and O–H groups in total. The van der Waals surface area contributed by atoms with Crippen molar-refractivity contribution in [1.82, 2.24) is 4.90 Å². The molecule has 0 unspecified atom stereocenters. The number of hydrogen-bond acceptors (Lipinski definition) is 4. The summed E-state index contributed by atoms with van der Waals surface area (Å²) >= 11 is 1.86.